The third-order valence-electron chi connectivity index (χ3n) is 6.01. The predicted molar refractivity (Wildman–Crippen MR) is 154 cm³/mol. The highest BCUT2D eigenvalue weighted by Gasteiger charge is 2.27. The third kappa shape index (κ3) is 9.62. The molecule has 1 saturated heterocycles. The van der Waals surface area contributed by atoms with E-state index in [1.165, 1.54) is 0 Å². The number of aliphatic hydroxyl groups excluding tert-OH is 1. The second kappa shape index (κ2) is 12.8. The fourth-order valence-corrected chi connectivity index (χ4v) is 4.17. The van der Waals surface area contributed by atoms with Gasteiger partial charge in [0, 0.05) is 36.4 Å². The number of ether oxygens (including phenoxy) is 2. The number of carbonyl (C=O) groups is 3. The highest BCUT2D eigenvalue weighted by Crippen LogP contribution is 2.24. The van der Waals surface area contributed by atoms with Gasteiger partial charge in [0.05, 0.1) is 12.1 Å². The fourth-order valence-electron chi connectivity index (χ4n) is 4.17. The van der Waals surface area contributed by atoms with E-state index in [0.717, 1.165) is 17.8 Å². The highest BCUT2D eigenvalue weighted by atomic mass is 16.6. The maximum absolute atomic E-state index is 13.4. The molecule has 3 amide bonds. The van der Waals surface area contributed by atoms with Gasteiger partial charge in [0.2, 0.25) is 11.8 Å². The van der Waals surface area contributed by atoms with Crippen LogP contribution in [0.3, 0.4) is 0 Å². The molecule has 2 aromatic rings. The van der Waals surface area contributed by atoms with Crippen LogP contribution in [-0.2, 0) is 25.5 Å². The molecule has 0 aliphatic carbocycles. The number of rotatable bonds is 8. The highest BCUT2D eigenvalue weighted by molar-refractivity contribution is 5.97. The number of hydrogen-bond acceptors (Lipinski definition) is 7. The van der Waals surface area contributed by atoms with Crippen LogP contribution >= 0.6 is 0 Å². The molecule has 0 aromatic heterocycles. The van der Waals surface area contributed by atoms with Gasteiger partial charge in [-0.05, 0) is 78.4 Å². The molecule has 0 spiro atoms. The molecule has 0 saturated carbocycles. The molecule has 218 valence electrons. The number of nitrogens with one attached hydrogen (secondary N) is 2. The lowest BCUT2D eigenvalue weighted by atomic mass is 10.0. The van der Waals surface area contributed by atoms with E-state index >= 15 is 0 Å². The average Bonchev–Trinajstić information content (AvgIpc) is 2.82. The molecule has 3 N–H and O–H groups in total. The Balaban J connectivity index is 1.77. The Hall–Kier alpha value is -3.47. The van der Waals surface area contributed by atoms with E-state index in [4.69, 9.17) is 9.47 Å². The van der Waals surface area contributed by atoms with E-state index in [1.54, 1.807) is 49.9 Å². The number of nitrogens with zero attached hydrogens (tertiary/aromatic N) is 2. The van der Waals surface area contributed by atoms with Gasteiger partial charge in [-0.15, -0.1) is 0 Å². The van der Waals surface area contributed by atoms with Gasteiger partial charge in [-0.1, -0.05) is 24.3 Å². The van der Waals surface area contributed by atoms with Crippen molar-refractivity contribution >= 4 is 29.3 Å². The Morgan fingerprint density at radius 3 is 2.27 bits per heavy atom. The summed E-state index contributed by atoms with van der Waals surface area (Å²) in [6.45, 7) is 12.5. The molecule has 2 aromatic carbocycles. The standard InChI is InChI=1S/C30H42N4O6/c1-29(2,3)39-27(37)21-11-13-22(14-12-21)31-26(36)24(32-28(38)40-30(4,5)6)18-20-9-8-10-23(17-20)34-16-15-33(7)19-25(34)35/h8-14,17,24,27,37H,15-16,18-19H2,1-7H3,(H,31,36)(H,32,38)/t24-,27?/m0/s1. The van der Waals surface area contributed by atoms with E-state index in [9.17, 15) is 19.5 Å². The Bertz CT molecular complexity index is 1190. The van der Waals surface area contributed by atoms with Crippen LogP contribution < -0.4 is 15.5 Å². The van der Waals surface area contributed by atoms with Gasteiger partial charge in [0.25, 0.3) is 0 Å². The molecule has 3 rings (SSSR count). The van der Waals surface area contributed by atoms with Crippen molar-refractivity contribution in [3.63, 3.8) is 0 Å². The van der Waals surface area contributed by atoms with E-state index in [2.05, 4.69) is 10.6 Å². The monoisotopic (exact) mass is 554 g/mol. The summed E-state index contributed by atoms with van der Waals surface area (Å²) >= 11 is 0. The summed E-state index contributed by atoms with van der Waals surface area (Å²) in [6, 6.07) is 13.1. The number of carbonyl (C=O) groups excluding carboxylic acids is 3. The van der Waals surface area contributed by atoms with E-state index in [1.807, 2.05) is 57.0 Å². The molecule has 2 atom stereocenters. The van der Waals surface area contributed by atoms with Crippen molar-refractivity contribution in [1.82, 2.24) is 10.2 Å². The van der Waals surface area contributed by atoms with Crippen LogP contribution in [0.25, 0.3) is 0 Å². The molecule has 10 heteroatoms. The lowest BCUT2D eigenvalue weighted by molar-refractivity contribution is -0.169. The Kier molecular flexibility index (Phi) is 9.94. The lowest BCUT2D eigenvalue weighted by Crippen LogP contribution is -2.49. The number of aliphatic hydroxyl groups is 1. The van der Waals surface area contributed by atoms with E-state index < -0.39 is 35.5 Å². The maximum atomic E-state index is 13.4. The first kappa shape index (κ1) is 31.1. The summed E-state index contributed by atoms with van der Waals surface area (Å²) in [5.74, 6) is -0.431. The van der Waals surface area contributed by atoms with Crippen molar-refractivity contribution in [2.75, 3.05) is 36.9 Å². The second-order valence-corrected chi connectivity index (χ2v) is 12.0. The van der Waals surface area contributed by atoms with Gasteiger partial charge < -0.3 is 30.1 Å². The number of anilines is 2. The molecule has 1 heterocycles. The molecule has 1 fully saturated rings. The first-order valence-corrected chi connectivity index (χ1v) is 13.4. The summed E-state index contributed by atoms with van der Waals surface area (Å²) < 4.78 is 11.0. The van der Waals surface area contributed by atoms with Crippen molar-refractivity contribution in [1.29, 1.82) is 0 Å². The molecule has 10 nitrogen and oxygen atoms in total. The van der Waals surface area contributed by atoms with Gasteiger partial charge in [0.1, 0.15) is 11.6 Å². The zero-order chi connectivity index (χ0) is 29.7. The minimum Gasteiger partial charge on any atom is -0.444 e. The minimum absolute atomic E-state index is 0.00791. The van der Waals surface area contributed by atoms with E-state index in [0.29, 0.717) is 24.3 Å². The van der Waals surface area contributed by atoms with Crippen molar-refractivity contribution < 1.29 is 29.0 Å². The largest absolute Gasteiger partial charge is 0.444 e. The predicted octanol–water partition coefficient (Wildman–Crippen LogP) is 3.85. The molecule has 1 unspecified atom stereocenters. The topological polar surface area (TPSA) is 120 Å². The number of alkyl carbamates (subject to hydrolysis) is 1. The Labute approximate surface area is 236 Å². The summed E-state index contributed by atoms with van der Waals surface area (Å²) in [7, 11) is 1.91. The van der Waals surface area contributed by atoms with Crippen LogP contribution in [-0.4, -0.2) is 71.8 Å². The summed E-state index contributed by atoms with van der Waals surface area (Å²) in [4.78, 5) is 42.3. The first-order chi connectivity index (χ1) is 18.6. The number of amides is 3. The Morgan fingerprint density at radius 1 is 1.00 bits per heavy atom. The second-order valence-electron chi connectivity index (χ2n) is 12.0. The zero-order valence-electron chi connectivity index (χ0n) is 24.5. The van der Waals surface area contributed by atoms with Crippen LogP contribution in [0, 0.1) is 0 Å². The molecule has 0 radical (unpaired) electrons. The van der Waals surface area contributed by atoms with Gasteiger partial charge in [-0.25, -0.2) is 4.79 Å². The minimum atomic E-state index is -1.11. The van der Waals surface area contributed by atoms with Crippen molar-refractivity contribution in [2.45, 2.75) is 71.5 Å². The molecular formula is C30H42N4O6. The quantitative estimate of drug-likeness (QED) is 0.424. The van der Waals surface area contributed by atoms with Crippen LogP contribution in [0.5, 0.6) is 0 Å². The van der Waals surface area contributed by atoms with E-state index in [-0.39, 0.29) is 12.3 Å². The van der Waals surface area contributed by atoms with Crippen LogP contribution in [0.15, 0.2) is 48.5 Å². The number of benzene rings is 2. The smallest absolute Gasteiger partial charge is 0.408 e. The maximum Gasteiger partial charge on any atom is 0.408 e. The van der Waals surface area contributed by atoms with Crippen molar-refractivity contribution in [3.8, 4) is 0 Å². The normalized spacial score (nSPS) is 16.3. The lowest BCUT2D eigenvalue weighted by Gasteiger charge is -2.32. The number of likely N-dealkylation sites (N-methyl/N-ethyl adjacent to an activating group) is 1. The van der Waals surface area contributed by atoms with Gasteiger partial charge in [-0.2, -0.15) is 0 Å². The Morgan fingerprint density at radius 2 is 1.68 bits per heavy atom. The fraction of sp³-hybridized carbons (Fsp3) is 0.500. The summed E-state index contributed by atoms with van der Waals surface area (Å²) in [5.41, 5.74) is 1.30. The zero-order valence-corrected chi connectivity index (χ0v) is 24.5. The summed E-state index contributed by atoms with van der Waals surface area (Å²) in [6.07, 6.45) is -1.64. The van der Waals surface area contributed by atoms with Gasteiger partial charge >= 0.3 is 6.09 Å². The first-order valence-electron chi connectivity index (χ1n) is 13.4. The van der Waals surface area contributed by atoms with Gasteiger partial charge in [0.15, 0.2) is 6.29 Å². The number of piperazine rings is 1. The average molecular weight is 555 g/mol. The van der Waals surface area contributed by atoms with Crippen LogP contribution in [0.2, 0.25) is 0 Å². The SMILES string of the molecule is CN1CCN(c2cccc(C[C@H](NC(=O)OC(C)(C)C)C(=O)Nc3ccc(C(O)OC(C)(C)C)cc3)c2)C(=O)C1. The van der Waals surface area contributed by atoms with Crippen molar-refractivity contribution in [3.05, 3.63) is 59.7 Å². The van der Waals surface area contributed by atoms with Crippen LogP contribution in [0.4, 0.5) is 16.2 Å². The summed E-state index contributed by atoms with van der Waals surface area (Å²) in [5, 5.41) is 15.8. The van der Waals surface area contributed by atoms with Gasteiger partial charge in [-0.3, -0.25) is 14.5 Å². The molecular weight excluding hydrogens is 512 g/mol. The number of hydrogen-bond donors (Lipinski definition) is 3. The van der Waals surface area contributed by atoms with Crippen LogP contribution in [0.1, 0.15) is 59.0 Å². The molecule has 1 aliphatic rings. The van der Waals surface area contributed by atoms with Crippen molar-refractivity contribution in [2.24, 2.45) is 0 Å². The molecule has 40 heavy (non-hydrogen) atoms. The molecule has 0 bridgehead atoms. The third-order valence-corrected chi connectivity index (χ3v) is 6.01. The molecule has 1 aliphatic heterocycles.